The molecule has 0 bridgehead atoms. The van der Waals surface area contributed by atoms with E-state index in [0.717, 1.165) is 18.5 Å². The second-order valence-corrected chi connectivity index (χ2v) is 12.6. The number of carbonyl (C=O) groups excluding carboxylic acids is 1. The fourth-order valence-electron chi connectivity index (χ4n) is 4.08. The average Bonchev–Trinajstić information content (AvgIpc) is 2.37. The van der Waals surface area contributed by atoms with Crippen molar-refractivity contribution in [3.05, 3.63) is 29.3 Å². The molecular formula is C18H28O2Si. The van der Waals surface area contributed by atoms with Crippen LogP contribution in [0.5, 0.6) is 5.75 Å². The van der Waals surface area contributed by atoms with Crippen LogP contribution in [0.3, 0.4) is 0 Å². The number of hydrogen-bond acceptors (Lipinski definition) is 2. The van der Waals surface area contributed by atoms with E-state index in [1.807, 2.05) is 0 Å². The zero-order valence-electron chi connectivity index (χ0n) is 14.1. The lowest BCUT2D eigenvalue weighted by atomic mass is 9.78. The third-order valence-electron chi connectivity index (χ3n) is 5.12. The second-order valence-electron chi connectivity index (χ2n) is 7.23. The zero-order chi connectivity index (χ0) is 15.8. The van der Waals surface area contributed by atoms with E-state index in [4.69, 9.17) is 4.43 Å². The third-order valence-corrected chi connectivity index (χ3v) is 11.1. The summed E-state index contributed by atoms with van der Waals surface area (Å²) >= 11 is 0. The minimum Gasteiger partial charge on any atom is -0.543 e. The summed E-state index contributed by atoms with van der Waals surface area (Å²) in [7, 11) is -1.88. The molecule has 1 atom stereocenters. The predicted molar refractivity (Wildman–Crippen MR) is 90.6 cm³/mol. The highest BCUT2D eigenvalue weighted by atomic mass is 28.4. The summed E-state index contributed by atoms with van der Waals surface area (Å²) in [6, 6.07) is 6.29. The van der Waals surface area contributed by atoms with Gasteiger partial charge in [0, 0.05) is 5.92 Å². The van der Waals surface area contributed by atoms with Crippen molar-refractivity contribution in [2.45, 2.75) is 70.5 Å². The molecule has 116 valence electrons. The summed E-state index contributed by atoms with van der Waals surface area (Å²) in [5.41, 5.74) is 4.19. The van der Waals surface area contributed by atoms with E-state index in [-0.39, 0.29) is 5.92 Å². The molecule has 0 heterocycles. The monoisotopic (exact) mass is 304 g/mol. The molecule has 1 aromatic rings. The summed E-state index contributed by atoms with van der Waals surface area (Å²) in [5, 5.41) is 0. The molecule has 0 aromatic heterocycles. The van der Waals surface area contributed by atoms with Crippen LogP contribution in [0.15, 0.2) is 18.2 Å². The molecule has 21 heavy (non-hydrogen) atoms. The van der Waals surface area contributed by atoms with Gasteiger partial charge in [0.05, 0.1) is 0 Å². The Hall–Kier alpha value is -1.09. The molecule has 1 aliphatic carbocycles. The fraction of sp³-hybridized carbons (Fsp3) is 0.611. The van der Waals surface area contributed by atoms with Crippen molar-refractivity contribution in [2.24, 2.45) is 0 Å². The lowest BCUT2D eigenvalue weighted by molar-refractivity contribution is -0.109. The van der Waals surface area contributed by atoms with E-state index >= 15 is 0 Å². The zero-order valence-corrected chi connectivity index (χ0v) is 15.1. The van der Waals surface area contributed by atoms with Crippen molar-refractivity contribution in [3.8, 4) is 5.75 Å². The van der Waals surface area contributed by atoms with Gasteiger partial charge >= 0.3 is 0 Å². The minimum atomic E-state index is -1.88. The summed E-state index contributed by atoms with van der Waals surface area (Å²) in [6.07, 6.45) is 1.92. The highest BCUT2D eigenvalue weighted by molar-refractivity contribution is 6.78. The first kappa shape index (κ1) is 16.3. The Morgan fingerprint density at radius 1 is 1.10 bits per heavy atom. The van der Waals surface area contributed by atoms with Crippen molar-refractivity contribution < 1.29 is 9.22 Å². The van der Waals surface area contributed by atoms with Gasteiger partial charge in [-0.15, -0.1) is 0 Å². The largest absolute Gasteiger partial charge is 0.543 e. The number of aldehydes is 1. The number of fused-ring (bicyclic) bond motifs is 1. The highest BCUT2D eigenvalue weighted by Crippen LogP contribution is 2.44. The van der Waals surface area contributed by atoms with Crippen LogP contribution in [0, 0.1) is 0 Å². The molecule has 0 spiro atoms. The normalized spacial score (nSPS) is 17.9. The van der Waals surface area contributed by atoms with Gasteiger partial charge in [0.15, 0.2) is 0 Å². The molecule has 3 heteroatoms. The van der Waals surface area contributed by atoms with Gasteiger partial charge in [-0.25, -0.2) is 0 Å². The Kier molecular flexibility index (Phi) is 4.62. The van der Waals surface area contributed by atoms with E-state index in [9.17, 15) is 4.79 Å². The molecule has 2 rings (SSSR count). The third kappa shape index (κ3) is 2.68. The summed E-state index contributed by atoms with van der Waals surface area (Å²) in [4.78, 5) is 10.9. The number of hydrogen-bond donors (Lipinski definition) is 0. The minimum absolute atomic E-state index is 0.108. The van der Waals surface area contributed by atoms with Gasteiger partial charge in [-0.05, 0) is 46.3 Å². The van der Waals surface area contributed by atoms with Crippen molar-refractivity contribution in [1.82, 2.24) is 0 Å². The maximum absolute atomic E-state index is 10.9. The van der Waals surface area contributed by atoms with Gasteiger partial charge in [0.2, 0.25) is 0 Å². The first-order valence-corrected chi connectivity index (χ1v) is 10.2. The second kappa shape index (κ2) is 5.96. The molecule has 0 radical (unpaired) electrons. The fourth-order valence-corrected chi connectivity index (χ4v) is 9.32. The van der Waals surface area contributed by atoms with Crippen LogP contribution < -0.4 is 4.43 Å². The first-order valence-electron chi connectivity index (χ1n) is 8.10. The molecule has 0 amide bonds. The number of benzene rings is 1. The van der Waals surface area contributed by atoms with Crippen LogP contribution in [0.25, 0.3) is 0 Å². The molecule has 0 N–H and O–H groups in total. The Bertz CT molecular complexity index is 498. The van der Waals surface area contributed by atoms with Gasteiger partial charge in [0.1, 0.15) is 12.0 Å². The van der Waals surface area contributed by atoms with Crippen LogP contribution in [0.4, 0.5) is 0 Å². The predicted octanol–water partition coefficient (Wildman–Crippen LogP) is 5.08. The number of carbonyl (C=O) groups is 1. The Morgan fingerprint density at radius 3 is 2.10 bits per heavy atom. The molecule has 1 unspecified atom stereocenters. The SMILES string of the molecule is CC(C)[Si](Oc1ccc2c(c1)CC2C=O)(C(C)C)C(C)C. The lowest BCUT2D eigenvalue weighted by Crippen LogP contribution is -2.50. The van der Waals surface area contributed by atoms with Gasteiger partial charge in [0.25, 0.3) is 8.32 Å². The van der Waals surface area contributed by atoms with E-state index in [0.29, 0.717) is 16.6 Å². The average molecular weight is 305 g/mol. The number of rotatable bonds is 6. The van der Waals surface area contributed by atoms with Crippen molar-refractivity contribution in [3.63, 3.8) is 0 Å². The van der Waals surface area contributed by atoms with E-state index < -0.39 is 8.32 Å². The van der Waals surface area contributed by atoms with Crippen molar-refractivity contribution in [2.75, 3.05) is 0 Å². The van der Waals surface area contributed by atoms with E-state index in [1.54, 1.807) is 0 Å². The van der Waals surface area contributed by atoms with Crippen molar-refractivity contribution in [1.29, 1.82) is 0 Å². The van der Waals surface area contributed by atoms with E-state index in [2.05, 4.69) is 59.7 Å². The maximum atomic E-state index is 10.9. The summed E-state index contributed by atoms with van der Waals surface area (Å²) in [5.74, 6) is 1.11. The molecule has 0 saturated carbocycles. The topological polar surface area (TPSA) is 26.3 Å². The summed E-state index contributed by atoms with van der Waals surface area (Å²) < 4.78 is 6.68. The lowest BCUT2D eigenvalue weighted by Gasteiger charge is -2.42. The molecule has 1 aromatic carbocycles. The Morgan fingerprint density at radius 2 is 1.67 bits per heavy atom. The first-order chi connectivity index (χ1) is 9.82. The van der Waals surface area contributed by atoms with Crippen LogP contribution in [-0.2, 0) is 11.2 Å². The van der Waals surface area contributed by atoms with Crippen LogP contribution in [0.1, 0.15) is 58.6 Å². The van der Waals surface area contributed by atoms with Crippen LogP contribution in [-0.4, -0.2) is 14.6 Å². The Labute approximate surface area is 130 Å². The standard InChI is InChI=1S/C18H28O2Si/c1-12(2)21(13(3)4,14(5)6)20-17-7-8-18-15(10-17)9-16(18)11-19/h7-8,10-14,16H,9H2,1-6H3. The summed E-state index contributed by atoms with van der Waals surface area (Å²) in [6.45, 7) is 13.8. The molecule has 1 aliphatic rings. The van der Waals surface area contributed by atoms with Gasteiger partial charge in [-0.3, -0.25) is 0 Å². The maximum Gasteiger partial charge on any atom is 0.258 e. The smallest absolute Gasteiger partial charge is 0.258 e. The quantitative estimate of drug-likeness (QED) is 0.541. The van der Waals surface area contributed by atoms with E-state index in [1.165, 1.54) is 11.1 Å². The van der Waals surface area contributed by atoms with Gasteiger partial charge in [-0.1, -0.05) is 47.6 Å². The van der Waals surface area contributed by atoms with Crippen molar-refractivity contribution >= 4 is 14.6 Å². The molecule has 2 nitrogen and oxygen atoms in total. The van der Waals surface area contributed by atoms with Crippen LogP contribution in [0.2, 0.25) is 16.6 Å². The van der Waals surface area contributed by atoms with Gasteiger partial charge in [-0.2, -0.15) is 0 Å². The molecular weight excluding hydrogens is 276 g/mol. The van der Waals surface area contributed by atoms with Gasteiger partial charge < -0.3 is 9.22 Å². The Balaban J connectivity index is 2.30. The highest BCUT2D eigenvalue weighted by Gasteiger charge is 2.47. The molecule has 0 fully saturated rings. The molecule has 0 aliphatic heterocycles. The van der Waals surface area contributed by atoms with Crippen LogP contribution >= 0.6 is 0 Å². The molecule has 0 saturated heterocycles.